The van der Waals surface area contributed by atoms with Crippen LogP contribution in [0.2, 0.25) is 0 Å². The Balaban J connectivity index is 2.31. The Morgan fingerprint density at radius 2 is 2.00 bits per heavy atom. The predicted octanol–water partition coefficient (Wildman–Crippen LogP) is 4.26. The average Bonchev–Trinajstić information content (AvgIpc) is 2.83. The molecule has 0 amide bonds. The summed E-state index contributed by atoms with van der Waals surface area (Å²) in [5.41, 5.74) is -0.0522. The summed E-state index contributed by atoms with van der Waals surface area (Å²) in [5.74, 6) is 0.0961. The molecule has 1 nitrogen and oxygen atoms in total. The highest BCUT2D eigenvalue weighted by Crippen LogP contribution is 2.43. The molecule has 1 aromatic rings. The van der Waals surface area contributed by atoms with Crippen LogP contribution in [0.1, 0.15) is 55.5 Å². The molecule has 1 saturated carbocycles. The molecule has 1 aliphatic rings. The van der Waals surface area contributed by atoms with Crippen molar-refractivity contribution in [1.82, 2.24) is 0 Å². The summed E-state index contributed by atoms with van der Waals surface area (Å²) in [5, 5.41) is 0. The standard InChI is InChI=1S/C15H19FO/c1-11(17)12-6-5-9-14(10-12)15(2,16)13-7-3-4-8-13/h5-6,9-10,13H,3-4,7-8H2,1-2H3. The van der Waals surface area contributed by atoms with Crippen LogP contribution in [0.15, 0.2) is 24.3 Å². The zero-order chi connectivity index (χ0) is 12.5. The molecule has 1 unspecified atom stereocenters. The molecule has 0 bridgehead atoms. The van der Waals surface area contributed by atoms with E-state index in [2.05, 4.69) is 0 Å². The third kappa shape index (κ3) is 2.41. The fourth-order valence-electron chi connectivity index (χ4n) is 2.75. The van der Waals surface area contributed by atoms with Crippen LogP contribution in [-0.2, 0) is 5.67 Å². The van der Waals surface area contributed by atoms with Crippen molar-refractivity contribution in [3.8, 4) is 0 Å². The first-order valence-electron chi connectivity index (χ1n) is 6.32. The topological polar surface area (TPSA) is 17.1 Å². The first-order valence-corrected chi connectivity index (χ1v) is 6.32. The second-order valence-corrected chi connectivity index (χ2v) is 5.19. The van der Waals surface area contributed by atoms with E-state index in [1.54, 1.807) is 31.2 Å². The maximum absolute atomic E-state index is 14.9. The number of benzene rings is 1. The number of alkyl halides is 1. The van der Waals surface area contributed by atoms with Crippen molar-refractivity contribution in [2.45, 2.75) is 45.2 Å². The lowest BCUT2D eigenvalue weighted by Gasteiger charge is -2.28. The first-order chi connectivity index (χ1) is 8.01. The Kier molecular flexibility index (Phi) is 3.32. The van der Waals surface area contributed by atoms with Crippen LogP contribution in [0.5, 0.6) is 0 Å². The minimum Gasteiger partial charge on any atom is -0.295 e. The minimum atomic E-state index is -1.30. The zero-order valence-electron chi connectivity index (χ0n) is 10.5. The molecule has 17 heavy (non-hydrogen) atoms. The largest absolute Gasteiger partial charge is 0.295 e. The van der Waals surface area contributed by atoms with E-state index in [1.807, 2.05) is 0 Å². The summed E-state index contributed by atoms with van der Waals surface area (Å²) in [6.07, 6.45) is 4.15. The summed E-state index contributed by atoms with van der Waals surface area (Å²) in [4.78, 5) is 11.3. The van der Waals surface area contributed by atoms with Crippen molar-refractivity contribution < 1.29 is 9.18 Å². The van der Waals surface area contributed by atoms with Gasteiger partial charge in [-0.1, -0.05) is 31.0 Å². The number of Topliss-reactive ketones (excluding diaryl/α,β-unsaturated/α-hetero) is 1. The van der Waals surface area contributed by atoms with Gasteiger partial charge in [0.15, 0.2) is 5.78 Å². The van der Waals surface area contributed by atoms with Gasteiger partial charge in [-0.05, 0) is 44.2 Å². The van der Waals surface area contributed by atoms with Gasteiger partial charge in [-0.15, -0.1) is 0 Å². The van der Waals surface area contributed by atoms with Crippen molar-refractivity contribution in [3.05, 3.63) is 35.4 Å². The fraction of sp³-hybridized carbons (Fsp3) is 0.533. The van der Waals surface area contributed by atoms with E-state index in [0.717, 1.165) is 25.7 Å². The molecule has 0 spiro atoms. The lowest BCUT2D eigenvalue weighted by Crippen LogP contribution is -2.25. The molecule has 0 aromatic heterocycles. The Morgan fingerprint density at radius 3 is 2.59 bits per heavy atom. The molecule has 0 heterocycles. The number of hydrogen-bond acceptors (Lipinski definition) is 1. The molecule has 0 radical (unpaired) electrons. The van der Waals surface area contributed by atoms with Crippen molar-refractivity contribution >= 4 is 5.78 Å². The van der Waals surface area contributed by atoms with Gasteiger partial charge in [-0.2, -0.15) is 0 Å². The molecule has 0 N–H and O–H groups in total. The monoisotopic (exact) mass is 234 g/mol. The van der Waals surface area contributed by atoms with Crippen LogP contribution < -0.4 is 0 Å². The maximum Gasteiger partial charge on any atom is 0.159 e. The Morgan fingerprint density at radius 1 is 1.35 bits per heavy atom. The van der Waals surface area contributed by atoms with E-state index in [1.165, 1.54) is 6.92 Å². The molecular weight excluding hydrogens is 215 g/mol. The minimum absolute atomic E-state index is 0.00549. The summed E-state index contributed by atoms with van der Waals surface area (Å²) in [6.45, 7) is 3.17. The molecule has 1 aliphatic carbocycles. The predicted molar refractivity (Wildman–Crippen MR) is 66.9 cm³/mol. The molecule has 2 rings (SSSR count). The SMILES string of the molecule is CC(=O)c1cccc(C(C)(F)C2CCCC2)c1. The number of halogens is 1. The van der Waals surface area contributed by atoms with Gasteiger partial charge >= 0.3 is 0 Å². The molecular formula is C15H19FO. The quantitative estimate of drug-likeness (QED) is 0.714. The Hall–Kier alpha value is -1.18. The van der Waals surface area contributed by atoms with Gasteiger partial charge in [0, 0.05) is 5.56 Å². The Bertz CT molecular complexity index is 417. The fourth-order valence-corrected chi connectivity index (χ4v) is 2.75. The van der Waals surface area contributed by atoms with Gasteiger partial charge in [0.25, 0.3) is 0 Å². The highest BCUT2D eigenvalue weighted by atomic mass is 19.1. The van der Waals surface area contributed by atoms with Crippen LogP contribution in [0.3, 0.4) is 0 Å². The van der Waals surface area contributed by atoms with E-state index in [-0.39, 0.29) is 11.7 Å². The Labute approximate surface area is 102 Å². The number of rotatable bonds is 3. The van der Waals surface area contributed by atoms with Crippen molar-refractivity contribution in [3.63, 3.8) is 0 Å². The third-order valence-corrected chi connectivity index (χ3v) is 3.96. The van der Waals surface area contributed by atoms with E-state index in [0.29, 0.717) is 11.1 Å². The van der Waals surface area contributed by atoms with Crippen LogP contribution in [0.4, 0.5) is 4.39 Å². The van der Waals surface area contributed by atoms with Gasteiger partial charge in [0.2, 0.25) is 0 Å². The van der Waals surface area contributed by atoms with Crippen LogP contribution >= 0.6 is 0 Å². The lowest BCUT2D eigenvalue weighted by atomic mass is 9.83. The summed E-state index contributed by atoms with van der Waals surface area (Å²) in [6, 6.07) is 7.03. The van der Waals surface area contributed by atoms with Crippen LogP contribution in [0, 0.1) is 5.92 Å². The number of ketones is 1. The summed E-state index contributed by atoms with van der Waals surface area (Å²) >= 11 is 0. The number of hydrogen-bond donors (Lipinski definition) is 0. The van der Waals surface area contributed by atoms with Gasteiger partial charge in [-0.3, -0.25) is 4.79 Å². The molecule has 1 atom stereocenters. The normalized spacial score (nSPS) is 20.2. The zero-order valence-corrected chi connectivity index (χ0v) is 10.5. The van der Waals surface area contributed by atoms with E-state index < -0.39 is 5.67 Å². The van der Waals surface area contributed by atoms with Gasteiger partial charge < -0.3 is 0 Å². The first kappa shape index (κ1) is 12.3. The number of carbonyl (C=O) groups excluding carboxylic acids is 1. The third-order valence-electron chi connectivity index (χ3n) is 3.96. The molecule has 92 valence electrons. The lowest BCUT2D eigenvalue weighted by molar-refractivity contribution is 0.100. The summed E-state index contributed by atoms with van der Waals surface area (Å²) < 4.78 is 14.9. The van der Waals surface area contributed by atoms with Crippen LogP contribution in [0.25, 0.3) is 0 Å². The molecule has 0 saturated heterocycles. The molecule has 2 heteroatoms. The smallest absolute Gasteiger partial charge is 0.159 e. The summed E-state index contributed by atoms with van der Waals surface area (Å²) in [7, 11) is 0. The molecule has 1 aromatic carbocycles. The highest BCUT2D eigenvalue weighted by molar-refractivity contribution is 5.94. The number of carbonyl (C=O) groups is 1. The second kappa shape index (κ2) is 4.59. The van der Waals surface area contributed by atoms with Crippen molar-refractivity contribution in [2.24, 2.45) is 5.92 Å². The molecule has 1 fully saturated rings. The average molecular weight is 234 g/mol. The van der Waals surface area contributed by atoms with Crippen molar-refractivity contribution in [1.29, 1.82) is 0 Å². The second-order valence-electron chi connectivity index (χ2n) is 5.19. The van der Waals surface area contributed by atoms with Crippen LogP contribution in [-0.4, -0.2) is 5.78 Å². The van der Waals surface area contributed by atoms with Gasteiger partial charge in [-0.25, -0.2) is 4.39 Å². The maximum atomic E-state index is 14.9. The van der Waals surface area contributed by atoms with Crippen molar-refractivity contribution in [2.75, 3.05) is 0 Å². The van der Waals surface area contributed by atoms with Gasteiger partial charge in [0.1, 0.15) is 5.67 Å². The molecule has 0 aliphatic heterocycles. The van der Waals surface area contributed by atoms with E-state index >= 15 is 0 Å². The highest BCUT2D eigenvalue weighted by Gasteiger charge is 2.37. The van der Waals surface area contributed by atoms with E-state index in [9.17, 15) is 9.18 Å². The van der Waals surface area contributed by atoms with E-state index in [4.69, 9.17) is 0 Å². The van der Waals surface area contributed by atoms with Gasteiger partial charge in [0.05, 0.1) is 0 Å².